The molecule has 4 rings (SSSR count). The number of alkyl halides is 1. The van der Waals surface area contributed by atoms with Crippen LogP contribution in [0.15, 0.2) is 0 Å². The van der Waals surface area contributed by atoms with Crippen molar-refractivity contribution in [3.63, 3.8) is 0 Å². The molecule has 0 aromatic carbocycles. The molecule has 1 heteroatoms. The number of hydrogen-bond acceptors (Lipinski definition) is 0. The van der Waals surface area contributed by atoms with Gasteiger partial charge in [-0.05, 0) is 81.0 Å². The number of halogens is 1. The van der Waals surface area contributed by atoms with Gasteiger partial charge in [0, 0.05) is 0 Å². The minimum Gasteiger partial charge on any atom is -0.244 e. The van der Waals surface area contributed by atoms with Crippen molar-refractivity contribution in [3.05, 3.63) is 0 Å². The molecule has 0 amide bonds. The summed E-state index contributed by atoms with van der Waals surface area (Å²) in [5.74, 6) is 3.66. The second kappa shape index (κ2) is 3.71. The molecule has 0 aromatic rings. The van der Waals surface area contributed by atoms with Crippen molar-refractivity contribution in [2.24, 2.45) is 29.1 Å². The summed E-state index contributed by atoms with van der Waals surface area (Å²) in [6.07, 6.45) is 8.60. The zero-order valence-electron chi connectivity index (χ0n) is 11.6. The largest absolute Gasteiger partial charge is 0.244 e. The lowest BCUT2D eigenvalue weighted by Gasteiger charge is -2.61. The fourth-order valence-electron chi connectivity index (χ4n) is 5.47. The predicted molar refractivity (Wildman–Crippen MR) is 69.6 cm³/mol. The molecule has 4 bridgehead atoms. The second-order valence-electron chi connectivity index (χ2n) is 7.75. The van der Waals surface area contributed by atoms with Gasteiger partial charge in [-0.2, -0.15) is 0 Å². The standard InChI is InChI=1S/C16H27F/c1-4-15(2,17)10-16(3)13-6-11-5-12(8-13)9-14(16)7-11/h11-14H,4-10H2,1-3H3. The first-order chi connectivity index (χ1) is 7.93. The van der Waals surface area contributed by atoms with Crippen LogP contribution in [0.4, 0.5) is 4.39 Å². The van der Waals surface area contributed by atoms with Gasteiger partial charge in [-0.3, -0.25) is 0 Å². The van der Waals surface area contributed by atoms with Crippen molar-refractivity contribution in [2.75, 3.05) is 0 Å². The number of hydrogen-bond donors (Lipinski definition) is 0. The van der Waals surface area contributed by atoms with Crippen molar-refractivity contribution in [2.45, 2.75) is 71.4 Å². The third kappa shape index (κ3) is 1.85. The van der Waals surface area contributed by atoms with Gasteiger partial charge in [0.05, 0.1) is 0 Å². The summed E-state index contributed by atoms with van der Waals surface area (Å²) in [6.45, 7) is 6.23. The van der Waals surface area contributed by atoms with Crippen LogP contribution in [0.1, 0.15) is 65.7 Å². The lowest BCUT2D eigenvalue weighted by Crippen LogP contribution is -2.53. The average molecular weight is 238 g/mol. The summed E-state index contributed by atoms with van der Waals surface area (Å²) >= 11 is 0. The topological polar surface area (TPSA) is 0 Å². The Kier molecular flexibility index (Phi) is 2.62. The van der Waals surface area contributed by atoms with Gasteiger partial charge in [0.1, 0.15) is 5.67 Å². The Bertz CT molecular complexity index is 277. The predicted octanol–water partition coefficient (Wildman–Crippen LogP) is 4.98. The van der Waals surface area contributed by atoms with Gasteiger partial charge in [-0.1, -0.05) is 13.8 Å². The van der Waals surface area contributed by atoms with Crippen LogP contribution in [-0.2, 0) is 0 Å². The van der Waals surface area contributed by atoms with E-state index in [4.69, 9.17) is 0 Å². The van der Waals surface area contributed by atoms with Crippen LogP contribution in [0.5, 0.6) is 0 Å². The van der Waals surface area contributed by atoms with E-state index in [1.165, 1.54) is 32.1 Å². The molecule has 4 saturated carbocycles. The highest BCUT2D eigenvalue weighted by Gasteiger charge is 2.56. The van der Waals surface area contributed by atoms with Gasteiger partial charge < -0.3 is 0 Å². The first kappa shape index (κ1) is 12.0. The summed E-state index contributed by atoms with van der Waals surface area (Å²) in [7, 11) is 0. The zero-order valence-corrected chi connectivity index (χ0v) is 11.6. The normalized spacial score (nSPS) is 51.5. The Morgan fingerprint density at radius 2 is 1.53 bits per heavy atom. The fraction of sp³-hybridized carbons (Fsp3) is 1.00. The lowest BCUT2D eigenvalue weighted by molar-refractivity contribution is -0.122. The van der Waals surface area contributed by atoms with Crippen LogP contribution < -0.4 is 0 Å². The SMILES string of the molecule is CCC(C)(F)CC1(C)C2CC3CC(C2)CC1C3. The zero-order chi connectivity index (χ0) is 12.3. The van der Waals surface area contributed by atoms with Crippen LogP contribution in [0.2, 0.25) is 0 Å². The maximum atomic E-state index is 14.5. The Balaban J connectivity index is 1.82. The molecule has 0 radical (unpaired) electrons. The third-order valence-electron chi connectivity index (χ3n) is 6.49. The van der Waals surface area contributed by atoms with Gasteiger partial charge >= 0.3 is 0 Å². The van der Waals surface area contributed by atoms with Crippen molar-refractivity contribution < 1.29 is 4.39 Å². The third-order valence-corrected chi connectivity index (χ3v) is 6.49. The van der Waals surface area contributed by atoms with Crippen LogP contribution in [0, 0.1) is 29.1 Å². The van der Waals surface area contributed by atoms with Gasteiger partial charge in [0.25, 0.3) is 0 Å². The summed E-state index contributed by atoms with van der Waals surface area (Å²) < 4.78 is 14.5. The smallest absolute Gasteiger partial charge is 0.108 e. The molecule has 1 unspecified atom stereocenters. The van der Waals surface area contributed by atoms with E-state index < -0.39 is 5.67 Å². The molecule has 4 fully saturated rings. The molecule has 0 aliphatic heterocycles. The van der Waals surface area contributed by atoms with E-state index >= 15 is 0 Å². The lowest BCUT2D eigenvalue weighted by atomic mass is 9.44. The highest BCUT2D eigenvalue weighted by molar-refractivity contribution is 5.05. The Morgan fingerprint density at radius 3 is 1.94 bits per heavy atom. The highest BCUT2D eigenvalue weighted by atomic mass is 19.1. The van der Waals surface area contributed by atoms with E-state index in [1.54, 1.807) is 0 Å². The highest BCUT2D eigenvalue weighted by Crippen LogP contribution is 2.64. The van der Waals surface area contributed by atoms with E-state index in [2.05, 4.69) is 6.92 Å². The van der Waals surface area contributed by atoms with Gasteiger partial charge in [0.2, 0.25) is 0 Å². The Labute approximate surface area is 105 Å². The van der Waals surface area contributed by atoms with Crippen molar-refractivity contribution in [1.82, 2.24) is 0 Å². The van der Waals surface area contributed by atoms with Crippen molar-refractivity contribution in [3.8, 4) is 0 Å². The Morgan fingerprint density at radius 1 is 1.06 bits per heavy atom. The molecule has 98 valence electrons. The van der Waals surface area contributed by atoms with Crippen molar-refractivity contribution in [1.29, 1.82) is 0 Å². The van der Waals surface area contributed by atoms with Crippen LogP contribution in [0.25, 0.3) is 0 Å². The fourth-order valence-corrected chi connectivity index (χ4v) is 5.47. The van der Waals surface area contributed by atoms with E-state index in [1.807, 2.05) is 13.8 Å². The quantitative estimate of drug-likeness (QED) is 0.650. The maximum absolute atomic E-state index is 14.5. The van der Waals surface area contributed by atoms with E-state index in [0.29, 0.717) is 11.8 Å². The molecule has 0 N–H and O–H groups in total. The monoisotopic (exact) mass is 238 g/mol. The second-order valence-corrected chi connectivity index (χ2v) is 7.75. The molecule has 17 heavy (non-hydrogen) atoms. The molecule has 4 aliphatic rings. The molecular formula is C16H27F. The number of rotatable bonds is 3. The molecule has 1 atom stereocenters. The van der Waals surface area contributed by atoms with E-state index in [0.717, 1.165) is 30.1 Å². The molecule has 0 aromatic heterocycles. The van der Waals surface area contributed by atoms with Crippen LogP contribution in [-0.4, -0.2) is 5.67 Å². The average Bonchev–Trinajstić information content (AvgIpc) is 2.25. The van der Waals surface area contributed by atoms with E-state index in [-0.39, 0.29) is 0 Å². The molecule has 0 heterocycles. The van der Waals surface area contributed by atoms with Gasteiger partial charge in [0.15, 0.2) is 0 Å². The molecule has 0 saturated heterocycles. The molecule has 4 aliphatic carbocycles. The van der Waals surface area contributed by atoms with Crippen molar-refractivity contribution >= 4 is 0 Å². The summed E-state index contributed by atoms with van der Waals surface area (Å²) in [6, 6.07) is 0. The first-order valence-electron chi connectivity index (χ1n) is 7.62. The van der Waals surface area contributed by atoms with Gasteiger partial charge in [-0.15, -0.1) is 0 Å². The summed E-state index contributed by atoms with van der Waals surface area (Å²) in [4.78, 5) is 0. The minimum absolute atomic E-state index is 0.312. The molecule has 0 nitrogen and oxygen atoms in total. The maximum Gasteiger partial charge on any atom is 0.108 e. The molecular weight excluding hydrogens is 211 g/mol. The van der Waals surface area contributed by atoms with Crippen LogP contribution in [0.3, 0.4) is 0 Å². The summed E-state index contributed by atoms with van der Waals surface area (Å²) in [5, 5.41) is 0. The van der Waals surface area contributed by atoms with Gasteiger partial charge in [-0.25, -0.2) is 4.39 Å². The van der Waals surface area contributed by atoms with Crippen LogP contribution >= 0.6 is 0 Å². The minimum atomic E-state index is -0.940. The van der Waals surface area contributed by atoms with E-state index in [9.17, 15) is 4.39 Å². The summed E-state index contributed by atoms with van der Waals surface area (Å²) in [5.41, 5.74) is -0.628. The first-order valence-corrected chi connectivity index (χ1v) is 7.62. The Hall–Kier alpha value is -0.0700. The molecule has 0 spiro atoms.